The van der Waals surface area contributed by atoms with Crippen molar-refractivity contribution in [3.05, 3.63) is 104 Å². The van der Waals surface area contributed by atoms with Gasteiger partial charge in [0.15, 0.2) is 0 Å². The lowest BCUT2D eigenvalue weighted by Crippen LogP contribution is -2.27. The number of nitro benzene ring substituents is 1. The highest BCUT2D eigenvalue weighted by Crippen LogP contribution is 2.34. The van der Waals surface area contributed by atoms with Gasteiger partial charge in [0.05, 0.1) is 16.4 Å². The Labute approximate surface area is 209 Å². The number of carbonyl (C=O) groups excluding carboxylic acids is 2. The largest absolute Gasteiger partial charge is 0.379 e. The van der Waals surface area contributed by atoms with E-state index in [1.165, 1.54) is 30.3 Å². The number of carbonyl (C=O) groups is 2. The number of amides is 2. The second kappa shape index (κ2) is 9.90. The molecule has 0 atom stereocenters. The van der Waals surface area contributed by atoms with Gasteiger partial charge in [-0.3, -0.25) is 24.6 Å². The molecule has 9 nitrogen and oxygen atoms in total. The lowest BCUT2D eigenvalue weighted by atomic mass is 10.2. The molecule has 1 fully saturated rings. The summed E-state index contributed by atoms with van der Waals surface area (Å²) in [6.07, 6.45) is 1.53. The van der Waals surface area contributed by atoms with Crippen molar-refractivity contribution in [1.29, 1.82) is 0 Å². The van der Waals surface area contributed by atoms with Crippen molar-refractivity contribution in [3.8, 4) is 5.75 Å². The van der Waals surface area contributed by atoms with Gasteiger partial charge in [0.2, 0.25) is 0 Å². The van der Waals surface area contributed by atoms with E-state index in [4.69, 9.17) is 15.8 Å². The van der Waals surface area contributed by atoms with Crippen LogP contribution in [0.4, 0.5) is 10.5 Å². The van der Waals surface area contributed by atoms with Crippen LogP contribution in [-0.4, -0.2) is 29.4 Å². The molecule has 1 saturated heterocycles. The van der Waals surface area contributed by atoms with Crippen LogP contribution in [0.25, 0.3) is 6.08 Å². The van der Waals surface area contributed by atoms with E-state index in [1.807, 2.05) is 0 Å². The standard InChI is InChI=1S/C23H15ClN2O7S2/c24-17-3-1-2-16(12-17)14-25-22(27)21(34-23(25)28)13-15-4-8-19(9-5-15)33-35(31,32)20-10-6-18(7-11-20)26(29)30/h1-13H,14H2/b21-13-. The number of hydrogen-bond donors (Lipinski definition) is 0. The minimum Gasteiger partial charge on any atom is -0.379 e. The van der Waals surface area contributed by atoms with Crippen LogP contribution >= 0.6 is 23.4 Å². The number of benzene rings is 3. The summed E-state index contributed by atoms with van der Waals surface area (Å²) in [7, 11) is -4.20. The van der Waals surface area contributed by atoms with E-state index >= 15 is 0 Å². The molecule has 0 spiro atoms. The van der Waals surface area contributed by atoms with E-state index < -0.39 is 26.2 Å². The lowest BCUT2D eigenvalue weighted by Gasteiger charge is -2.12. The van der Waals surface area contributed by atoms with Crippen LogP contribution in [0.5, 0.6) is 5.75 Å². The van der Waals surface area contributed by atoms with E-state index in [0.717, 1.165) is 46.5 Å². The van der Waals surface area contributed by atoms with Gasteiger partial charge < -0.3 is 4.18 Å². The summed E-state index contributed by atoms with van der Waals surface area (Å²) in [6.45, 7) is 0.0931. The predicted molar refractivity (Wildman–Crippen MR) is 130 cm³/mol. The SMILES string of the molecule is O=C1S/C(=C\c2ccc(OS(=O)(=O)c3ccc([N+](=O)[O-])cc3)cc2)C(=O)N1Cc1cccc(Cl)c1. The molecule has 4 rings (SSSR count). The maximum atomic E-state index is 12.7. The molecule has 0 bridgehead atoms. The number of non-ortho nitro benzene ring substituents is 1. The summed E-state index contributed by atoms with van der Waals surface area (Å²) in [6, 6.07) is 17.0. The Kier molecular flexibility index (Phi) is 6.92. The molecule has 0 N–H and O–H groups in total. The van der Waals surface area contributed by atoms with Gasteiger partial charge in [-0.2, -0.15) is 8.42 Å². The summed E-state index contributed by atoms with van der Waals surface area (Å²) in [4.78, 5) is 36.3. The zero-order valence-corrected chi connectivity index (χ0v) is 20.0. The van der Waals surface area contributed by atoms with Gasteiger partial charge in [-0.15, -0.1) is 0 Å². The molecular formula is C23H15ClN2O7S2. The fourth-order valence-electron chi connectivity index (χ4n) is 3.13. The molecule has 178 valence electrons. The van der Waals surface area contributed by atoms with E-state index in [1.54, 1.807) is 24.3 Å². The number of halogens is 1. The zero-order valence-electron chi connectivity index (χ0n) is 17.7. The Morgan fingerprint density at radius 3 is 2.34 bits per heavy atom. The fourth-order valence-corrected chi connectivity index (χ4v) is 5.12. The highest BCUT2D eigenvalue weighted by atomic mass is 35.5. The van der Waals surface area contributed by atoms with Crippen molar-refractivity contribution in [3.63, 3.8) is 0 Å². The molecule has 1 heterocycles. The molecule has 1 aliphatic rings. The molecule has 1 aliphatic heterocycles. The van der Waals surface area contributed by atoms with Crippen LogP contribution in [0.2, 0.25) is 5.02 Å². The van der Waals surface area contributed by atoms with Gasteiger partial charge >= 0.3 is 10.1 Å². The molecular weight excluding hydrogens is 516 g/mol. The number of imide groups is 1. The van der Waals surface area contributed by atoms with Crippen LogP contribution in [0, 0.1) is 10.1 Å². The van der Waals surface area contributed by atoms with Crippen molar-refractivity contribution in [2.45, 2.75) is 11.4 Å². The zero-order chi connectivity index (χ0) is 25.2. The summed E-state index contributed by atoms with van der Waals surface area (Å²) < 4.78 is 29.9. The third-order valence-corrected chi connectivity index (χ3v) is 7.23. The second-order valence-electron chi connectivity index (χ2n) is 7.26. The number of nitro groups is 1. The number of rotatable bonds is 7. The summed E-state index contributed by atoms with van der Waals surface area (Å²) in [5.41, 5.74) is 1.03. The molecule has 0 saturated carbocycles. The Morgan fingerprint density at radius 1 is 1.03 bits per heavy atom. The lowest BCUT2D eigenvalue weighted by molar-refractivity contribution is -0.384. The van der Waals surface area contributed by atoms with E-state index in [0.29, 0.717) is 10.6 Å². The van der Waals surface area contributed by atoms with Gasteiger partial charge in [-0.05, 0) is 65.4 Å². The number of hydrogen-bond acceptors (Lipinski definition) is 8. The smallest absolute Gasteiger partial charge is 0.339 e. The fraction of sp³-hybridized carbons (Fsp3) is 0.0435. The Balaban J connectivity index is 1.45. The molecule has 3 aromatic rings. The molecule has 0 aromatic heterocycles. The van der Waals surface area contributed by atoms with Crippen molar-refractivity contribution in [2.24, 2.45) is 0 Å². The van der Waals surface area contributed by atoms with Gasteiger partial charge in [0.25, 0.3) is 16.8 Å². The maximum absolute atomic E-state index is 12.7. The first-order valence-corrected chi connectivity index (χ1v) is 12.5. The first-order valence-electron chi connectivity index (χ1n) is 9.91. The normalized spacial score (nSPS) is 15.0. The highest BCUT2D eigenvalue weighted by Gasteiger charge is 2.35. The molecule has 0 unspecified atom stereocenters. The highest BCUT2D eigenvalue weighted by molar-refractivity contribution is 8.18. The topological polar surface area (TPSA) is 124 Å². The Bertz CT molecular complexity index is 1450. The predicted octanol–water partition coefficient (Wildman–Crippen LogP) is 5.25. The third kappa shape index (κ3) is 5.70. The quantitative estimate of drug-likeness (QED) is 0.175. The number of nitrogens with zero attached hydrogens (tertiary/aromatic N) is 2. The average Bonchev–Trinajstić information content (AvgIpc) is 3.07. The van der Waals surface area contributed by atoms with Crippen molar-refractivity contribution >= 4 is 56.4 Å². The maximum Gasteiger partial charge on any atom is 0.339 e. The van der Waals surface area contributed by atoms with Gasteiger partial charge in [-0.25, -0.2) is 0 Å². The number of thioether (sulfide) groups is 1. The molecule has 12 heteroatoms. The molecule has 3 aromatic carbocycles. The van der Waals surface area contributed by atoms with E-state index in [9.17, 15) is 28.1 Å². The second-order valence-corrected chi connectivity index (χ2v) is 10.2. The minimum absolute atomic E-state index is 0.00886. The molecule has 2 amide bonds. The Hall–Kier alpha value is -3.67. The van der Waals surface area contributed by atoms with Crippen LogP contribution in [0.1, 0.15) is 11.1 Å². The van der Waals surface area contributed by atoms with Gasteiger partial charge in [0.1, 0.15) is 10.6 Å². The van der Waals surface area contributed by atoms with Crippen LogP contribution in [0.15, 0.2) is 82.6 Å². The molecule has 35 heavy (non-hydrogen) atoms. The van der Waals surface area contributed by atoms with Crippen LogP contribution in [0.3, 0.4) is 0 Å². The van der Waals surface area contributed by atoms with Gasteiger partial charge in [0, 0.05) is 17.2 Å². The van der Waals surface area contributed by atoms with Crippen LogP contribution in [-0.2, 0) is 21.5 Å². The Morgan fingerprint density at radius 2 is 1.71 bits per heavy atom. The first-order chi connectivity index (χ1) is 16.6. The first kappa shape index (κ1) is 24.5. The van der Waals surface area contributed by atoms with Crippen molar-refractivity contribution in [1.82, 2.24) is 4.90 Å². The summed E-state index contributed by atoms with van der Waals surface area (Å²) >= 11 is 6.77. The third-order valence-electron chi connectivity index (χ3n) is 4.82. The van der Waals surface area contributed by atoms with Gasteiger partial charge in [-0.1, -0.05) is 35.9 Å². The molecule has 0 aliphatic carbocycles. The minimum atomic E-state index is -4.20. The van der Waals surface area contributed by atoms with E-state index in [2.05, 4.69) is 0 Å². The van der Waals surface area contributed by atoms with Crippen molar-refractivity contribution < 1.29 is 27.1 Å². The summed E-state index contributed by atoms with van der Waals surface area (Å²) in [5, 5.41) is 10.8. The summed E-state index contributed by atoms with van der Waals surface area (Å²) in [5.74, 6) is -0.435. The van der Waals surface area contributed by atoms with E-state index in [-0.39, 0.29) is 27.8 Å². The molecule has 0 radical (unpaired) electrons. The average molecular weight is 531 g/mol. The monoisotopic (exact) mass is 530 g/mol. The van der Waals surface area contributed by atoms with Crippen LogP contribution < -0.4 is 4.18 Å². The van der Waals surface area contributed by atoms with Crippen molar-refractivity contribution in [2.75, 3.05) is 0 Å².